The van der Waals surface area contributed by atoms with Gasteiger partial charge in [-0.1, -0.05) is 35.5 Å². The maximum atomic E-state index is 13.2. The number of carbonyl (C=O) groups excluding carboxylic acids is 1. The van der Waals surface area contributed by atoms with Gasteiger partial charge in [-0.3, -0.25) is 4.79 Å². The van der Waals surface area contributed by atoms with Gasteiger partial charge in [0.1, 0.15) is 5.82 Å². The van der Waals surface area contributed by atoms with Gasteiger partial charge in [-0.05, 0) is 54.1 Å². The first-order chi connectivity index (χ1) is 13.7. The number of halogens is 1. The summed E-state index contributed by atoms with van der Waals surface area (Å²) in [6.07, 6.45) is 1.62. The Kier molecular flexibility index (Phi) is 4.93. The highest BCUT2D eigenvalue weighted by molar-refractivity contribution is 5.94. The summed E-state index contributed by atoms with van der Waals surface area (Å²) in [5.74, 6) is -0.443. The minimum atomic E-state index is -0.298. The second-order valence-corrected chi connectivity index (χ2v) is 6.25. The number of amides is 1. The monoisotopic (exact) mass is 372 g/mol. The molecule has 138 valence electrons. The maximum Gasteiger partial charge on any atom is 0.251 e. The molecule has 0 aliphatic carbocycles. The van der Waals surface area contributed by atoms with Crippen molar-refractivity contribution in [1.29, 1.82) is 0 Å². The largest absolute Gasteiger partial charge is 0.348 e. The van der Waals surface area contributed by atoms with E-state index in [9.17, 15) is 9.18 Å². The Balaban J connectivity index is 1.50. The lowest BCUT2D eigenvalue weighted by Gasteiger charge is -2.08. The normalized spacial score (nSPS) is 10.6. The highest BCUT2D eigenvalue weighted by atomic mass is 19.1. The Bertz CT molecular complexity index is 1070. The molecule has 1 amide bonds. The molecule has 1 N–H and O–H groups in total. The molecule has 0 atom stereocenters. The zero-order valence-electron chi connectivity index (χ0n) is 14.9. The van der Waals surface area contributed by atoms with Crippen molar-refractivity contribution in [2.45, 2.75) is 6.54 Å². The predicted octanol–water partition coefficient (Wildman–Crippen LogP) is 4.00. The lowest BCUT2D eigenvalue weighted by Crippen LogP contribution is -2.22. The van der Waals surface area contributed by atoms with Crippen LogP contribution in [-0.4, -0.2) is 20.9 Å². The first kappa shape index (κ1) is 17.6. The molecule has 4 rings (SSSR count). The number of nitrogens with zero attached hydrogens (tertiary/aromatic N) is 3. The molecule has 4 aromatic rings. The standard InChI is InChI=1S/C22H17FN4O/c23-19-10-6-17(7-11-19)21-15-25-26-27(21)20-12-8-18(9-13-20)22(28)24-14-16-4-2-1-3-5-16/h1-13,15H,14H2,(H,24,28). The number of aromatic nitrogens is 3. The van der Waals surface area contributed by atoms with Gasteiger partial charge in [0, 0.05) is 17.7 Å². The lowest BCUT2D eigenvalue weighted by atomic mass is 10.1. The zero-order valence-corrected chi connectivity index (χ0v) is 14.9. The van der Waals surface area contributed by atoms with Gasteiger partial charge in [-0.25, -0.2) is 9.07 Å². The van der Waals surface area contributed by atoms with Crippen molar-refractivity contribution in [2.24, 2.45) is 0 Å². The lowest BCUT2D eigenvalue weighted by molar-refractivity contribution is 0.0951. The quantitative estimate of drug-likeness (QED) is 0.576. The van der Waals surface area contributed by atoms with E-state index in [1.807, 2.05) is 30.3 Å². The van der Waals surface area contributed by atoms with Crippen molar-refractivity contribution >= 4 is 5.91 Å². The number of benzene rings is 3. The van der Waals surface area contributed by atoms with Gasteiger partial charge in [0.2, 0.25) is 0 Å². The molecule has 0 unspecified atom stereocenters. The third-order valence-electron chi connectivity index (χ3n) is 4.36. The highest BCUT2D eigenvalue weighted by Gasteiger charge is 2.10. The third kappa shape index (κ3) is 3.81. The molecule has 0 radical (unpaired) electrons. The smallest absolute Gasteiger partial charge is 0.251 e. The Morgan fingerprint density at radius 2 is 1.64 bits per heavy atom. The van der Waals surface area contributed by atoms with Gasteiger partial charge in [0.05, 0.1) is 17.6 Å². The zero-order chi connectivity index (χ0) is 19.3. The van der Waals surface area contributed by atoms with E-state index in [-0.39, 0.29) is 11.7 Å². The van der Waals surface area contributed by atoms with Crippen LogP contribution in [0.5, 0.6) is 0 Å². The Morgan fingerprint density at radius 1 is 0.929 bits per heavy atom. The van der Waals surface area contributed by atoms with E-state index in [2.05, 4.69) is 15.6 Å². The van der Waals surface area contributed by atoms with E-state index in [4.69, 9.17) is 0 Å². The molecule has 6 heteroatoms. The molecule has 0 aliphatic heterocycles. The molecule has 0 saturated heterocycles. The van der Waals surface area contributed by atoms with Crippen LogP contribution in [0.4, 0.5) is 4.39 Å². The number of nitrogens with one attached hydrogen (secondary N) is 1. The molecule has 0 aliphatic rings. The number of hydrogen-bond donors (Lipinski definition) is 1. The van der Waals surface area contributed by atoms with Gasteiger partial charge in [0.25, 0.3) is 5.91 Å². The summed E-state index contributed by atoms with van der Waals surface area (Å²) in [7, 11) is 0. The predicted molar refractivity (Wildman–Crippen MR) is 104 cm³/mol. The Hall–Kier alpha value is -3.80. The van der Waals surface area contributed by atoms with Gasteiger partial charge in [-0.2, -0.15) is 0 Å². The summed E-state index contributed by atoms with van der Waals surface area (Å²) >= 11 is 0. The van der Waals surface area contributed by atoms with Crippen molar-refractivity contribution in [1.82, 2.24) is 20.3 Å². The van der Waals surface area contributed by atoms with Crippen molar-refractivity contribution in [3.8, 4) is 16.9 Å². The van der Waals surface area contributed by atoms with Gasteiger partial charge >= 0.3 is 0 Å². The van der Waals surface area contributed by atoms with Gasteiger partial charge < -0.3 is 5.32 Å². The fraction of sp³-hybridized carbons (Fsp3) is 0.0455. The van der Waals surface area contributed by atoms with Crippen molar-refractivity contribution in [2.75, 3.05) is 0 Å². The Labute approximate surface area is 161 Å². The minimum absolute atomic E-state index is 0.146. The summed E-state index contributed by atoms with van der Waals surface area (Å²) < 4.78 is 14.8. The molecule has 5 nitrogen and oxygen atoms in total. The van der Waals surface area contributed by atoms with E-state index in [1.165, 1.54) is 12.1 Å². The van der Waals surface area contributed by atoms with Crippen LogP contribution in [0.15, 0.2) is 85.1 Å². The topological polar surface area (TPSA) is 59.8 Å². The highest BCUT2D eigenvalue weighted by Crippen LogP contribution is 2.22. The first-order valence-electron chi connectivity index (χ1n) is 8.80. The molecule has 3 aromatic carbocycles. The molecule has 0 fully saturated rings. The van der Waals surface area contributed by atoms with E-state index in [0.29, 0.717) is 12.1 Å². The molecule has 28 heavy (non-hydrogen) atoms. The molecular formula is C22H17FN4O. The molecule has 1 aromatic heterocycles. The molecule has 1 heterocycles. The van der Waals surface area contributed by atoms with Crippen LogP contribution >= 0.6 is 0 Å². The van der Waals surface area contributed by atoms with Crippen molar-refractivity contribution in [3.63, 3.8) is 0 Å². The van der Waals surface area contributed by atoms with Crippen LogP contribution in [0.3, 0.4) is 0 Å². The van der Waals surface area contributed by atoms with Crippen LogP contribution in [-0.2, 0) is 6.54 Å². The second kappa shape index (κ2) is 7.84. The summed E-state index contributed by atoms with van der Waals surface area (Å²) in [5, 5.41) is 11.0. The summed E-state index contributed by atoms with van der Waals surface area (Å²) in [6.45, 7) is 0.471. The van der Waals surface area contributed by atoms with Crippen LogP contribution in [0, 0.1) is 5.82 Å². The minimum Gasteiger partial charge on any atom is -0.348 e. The van der Waals surface area contributed by atoms with E-state index >= 15 is 0 Å². The third-order valence-corrected chi connectivity index (χ3v) is 4.36. The summed E-state index contributed by atoms with van der Waals surface area (Å²) in [4.78, 5) is 12.4. The summed E-state index contributed by atoms with van der Waals surface area (Å²) in [6, 6.07) is 23.0. The van der Waals surface area contributed by atoms with Crippen molar-refractivity contribution in [3.05, 3.63) is 102 Å². The fourth-order valence-electron chi connectivity index (χ4n) is 2.88. The SMILES string of the molecule is O=C(NCc1ccccc1)c1ccc(-n2nncc2-c2ccc(F)cc2)cc1. The van der Waals surface area contributed by atoms with E-state index in [1.54, 1.807) is 47.3 Å². The molecule has 0 spiro atoms. The Morgan fingerprint density at radius 3 is 2.36 bits per heavy atom. The van der Waals surface area contributed by atoms with E-state index in [0.717, 1.165) is 22.5 Å². The van der Waals surface area contributed by atoms with Crippen LogP contribution in [0.2, 0.25) is 0 Å². The number of rotatable bonds is 5. The molecular weight excluding hydrogens is 355 g/mol. The van der Waals surface area contributed by atoms with Gasteiger partial charge in [0.15, 0.2) is 0 Å². The molecule has 0 bridgehead atoms. The average molecular weight is 372 g/mol. The van der Waals surface area contributed by atoms with Crippen LogP contribution in [0.25, 0.3) is 16.9 Å². The summed E-state index contributed by atoms with van der Waals surface area (Å²) in [5.41, 5.74) is 3.90. The van der Waals surface area contributed by atoms with Crippen LogP contribution < -0.4 is 5.32 Å². The number of carbonyl (C=O) groups is 1. The molecule has 0 saturated carbocycles. The fourth-order valence-corrected chi connectivity index (χ4v) is 2.88. The van der Waals surface area contributed by atoms with Crippen molar-refractivity contribution < 1.29 is 9.18 Å². The second-order valence-electron chi connectivity index (χ2n) is 6.25. The van der Waals surface area contributed by atoms with E-state index < -0.39 is 0 Å². The first-order valence-corrected chi connectivity index (χ1v) is 8.80. The van der Waals surface area contributed by atoms with Gasteiger partial charge in [-0.15, -0.1) is 5.10 Å². The maximum absolute atomic E-state index is 13.2. The average Bonchev–Trinajstić information content (AvgIpc) is 3.23. The van der Waals surface area contributed by atoms with Crippen LogP contribution in [0.1, 0.15) is 15.9 Å². The number of hydrogen-bond acceptors (Lipinski definition) is 3.